The lowest BCUT2D eigenvalue weighted by Gasteiger charge is -2.57. The number of nitrogens with zero attached hydrogens (tertiary/aromatic N) is 1. The molecule has 4 bridgehead atoms. The number of rotatable bonds is 2. The molecule has 0 atom stereocenters. The molecule has 1 aromatic rings. The van der Waals surface area contributed by atoms with E-state index in [1.54, 1.807) is 0 Å². The first kappa shape index (κ1) is 14.2. The summed E-state index contributed by atoms with van der Waals surface area (Å²) in [4.78, 5) is 0. The quantitative estimate of drug-likeness (QED) is 0.437. The van der Waals surface area contributed by atoms with Crippen LogP contribution in [0.5, 0.6) is 11.5 Å². The van der Waals surface area contributed by atoms with Gasteiger partial charge in [0.1, 0.15) is 11.5 Å². The fourth-order valence-corrected chi connectivity index (χ4v) is 6.18. The predicted octanol–water partition coefficient (Wildman–Crippen LogP) is 4.03. The zero-order valence-electron chi connectivity index (χ0n) is 12.3. The maximum atomic E-state index is 10.5. The zero-order valence-corrected chi connectivity index (χ0v) is 13.1. The third-order valence-electron chi connectivity index (χ3n) is 6.02. The molecule has 4 fully saturated rings. The molecule has 0 amide bonds. The number of halogens is 1. The first-order valence-corrected chi connectivity index (χ1v) is 8.32. The third-order valence-corrected chi connectivity index (χ3v) is 6.41. The van der Waals surface area contributed by atoms with Crippen LogP contribution in [0.2, 0.25) is 5.02 Å². The van der Waals surface area contributed by atoms with Crippen LogP contribution in [0.4, 0.5) is 0 Å². The Morgan fingerprint density at radius 2 is 1.59 bits per heavy atom. The Morgan fingerprint density at radius 1 is 1.05 bits per heavy atom. The number of benzene rings is 1. The van der Waals surface area contributed by atoms with Crippen LogP contribution in [-0.2, 0) is 5.41 Å². The van der Waals surface area contributed by atoms with Gasteiger partial charge in [0.25, 0.3) is 0 Å². The van der Waals surface area contributed by atoms with E-state index in [1.165, 1.54) is 25.3 Å². The van der Waals surface area contributed by atoms with Crippen LogP contribution in [0.3, 0.4) is 0 Å². The van der Waals surface area contributed by atoms with Crippen LogP contribution >= 0.6 is 11.6 Å². The molecule has 0 aliphatic heterocycles. The van der Waals surface area contributed by atoms with Gasteiger partial charge in [0.05, 0.1) is 16.8 Å². The summed E-state index contributed by atoms with van der Waals surface area (Å²) < 4.78 is 0. The fraction of sp³-hybridized carbons (Fsp3) is 0.588. The molecule has 0 heterocycles. The Bertz CT molecular complexity index is 621. The van der Waals surface area contributed by atoms with Crippen molar-refractivity contribution in [3.05, 3.63) is 22.2 Å². The largest absolute Gasteiger partial charge is 0.507 e. The highest BCUT2D eigenvalue weighted by atomic mass is 35.5. The second kappa shape index (κ2) is 4.79. The number of aromatic hydroxyl groups is 2. The smallest absolute Gasteiger partial charge is 0.129 e. The Labute approximate surface area is 134 Å². The Balaban J connectivity index is 1.87. The van der Waals surface area contributed by atoms with Crippen molar-refractivity contribution in [2.75, 3.05) is 0 Å². The van der Waals surface area contributed by atoms with Crippen molar-refractivity contribution < 1.29 is 15.4 Å². The third kappa shape index (κ3) is 1.93. The van der Waals surface area contributed by atoms with Crippen molar-refractivity contribution in [3.63, 3.8) is 0 Å². The van der Waals surface area contributed by atoms with Crippen molar-refractivity contribution in [1.29, 1.82) is 0 Å². The van der Waals surface area contributed by atoms with Gasteiger partial charge in [-0.05, 0) is 56.3 Å². The molecule has 5 rings (SSSR count). The Kier molecular flexibility index (Phi) is 3.09. The van der Waals surface area contributed by atoms with E-state index in [0.29, 0.717) is 5.02 Å². The summed E-state index contributed by atoms with van der Waals surface area (Å²) in [7, 11) is 0. The standard InChI is InChI=1S/C17H20ClNO3/c18-16-12(8-19-22)13(20)4-14(21)15(16)17-5-9-1-10(6-17)3-11(2-9)7-17/h4,8-11,20-22H,1-3,5-7H2. The molecule has 4 aliphatic carbocycles. The molecule has 0 radical (unpaired) electrons. The number of hydrogen-bond acceptors (Lipinski definition) is 4. The molecule has 0 unspecified atom stereocenters. The van der Waals surface area contributed by atoms with E-state index in [4.69, 9.17) is 16.8 Å². The van der Waals surface area contributed by atoms with Gasteiger partial charge in [0.2, 0.25) is 0 Å². The molecule has 1 aromatic carbocycles. The van der Waals surface area contributed by atoms with Gasteiger partial charge in [-0.25, -0.2) is 0 Å². The van der Waals surface area contributed by atoms with E-state index in [2.05, 4.69) is 5.16 Å². The maximum absolute atomic E-state index is 10.5. The lowest BCUT2D eigenvalue weighted by atomic mass is 9.48. The van der Waals surface area contributed by atoms with Crippen LogP contribution in [-0.4, -0.2) is 21.6 Å². The summed E-state index contributed by atoms with van der Waals surface area (Å²) in [5.74, 6) is 2.09. The molecule has 3 N–H and O–H groups in total. The molecule has 118 valence electrons. The van der Waals surface area contributed by atoms with Gasteiger partial charge in [0.15, 0.2) is 0 Å². The molecular weight excluding hydrogens is 302 g/mol. The average Bonchev–Trinajstić information content (AvgIpc) is 2.41. The highest BCUT2D eigenvalue weighted by Gasteiger charge is 2.53. The number of phenolic OH excluding ortho intramolecular Hbond substituents is 2. The molecular formula is C17H20ClNO3. The van der Waals surface area contributed by atoms with E-state index < -0.39 is 0 Å². The van der Waals surface area contributed by atoms with Gasteiger partial charge in [0, 0.05) is 17.0 Å². The van der Waals surface area contributed by atoms with Gasteiger partial charge in [-0.2, -0.15) is 0 Å². The number of oxime groups is 1. The Morgan fingerprint density at radius 3 is 2.09 bits per heavy atom. The van der Waals surface area contributed by atoms with E-state index in [0.717, 1.165) is 48.8 Å². The number of phenols is 2. The summed E-state index contributed by atoms with van der Waals surface area (Å²) >= 11 is 6.51. The Hall–Kier alpha value is -1.42. The lowest BCUT2D eigenvalue weighted by molar-refractivity contribution is -0.00610. The molecule has 0 spiro atoms. The highest BCUT2D eigenvalue weighted by Crippen LogP contribution is 2.63. The summed E-state index contributed by atoms with van der Waals surface area (Å²) in [5, 5.41) is 32.6. The topological polar surface area (TPSA) is 73.1 Å². The predicted molar refractivity (Wildman–Crippen MR) is 84.0 cm³/mol. The lowest BCUT2D eigenvalue weighted by Crippen LogP contribution is -2.48. The van der Waals surface area contributed by atoms with Gasteiger partial charge >= 0.3 is 0 Å². The second-order valence-electron chi connectivity index (χ2n) is 7.46. The van der Waals surface area contributed by atoms with Crippen molar-refractivity contribution in [2.45, 2.75) is 43.9 Å². The minimum atomic E-state index is -0.159. The maximum Gasteiger partial charge on any atom is 0.129 e. The monoisotopic (exact) mass is 321 g/mol. The minimum Gasteiger partial charge on any atom is -0.507 e. The molecule has 4 aliphatic rings. The molecule has 0 aromatic heterocycles. The minimum absolute atomic E-state index is 0.0690. The van der Waals surface area contributed by atoms with Crippen molar-refractivity contribution in [1.82, 2.24) is 0 Å². The van der Waals surface area contributed by atoms with Gasteiger partial charge in [-0.1, -0.05) is 16.8 Å². The zero-order chi connectivity index (χ0) is 15.5. The van der Waals surface area contributed by atoms with Crippen LogP contribution in [0.1, 0.15) is 49.7 Å². The van der Waals surface area contributed by atoms with E-state index in [1.807, 2.05) is 0 Å². The van der Waals surface area contributed by atoms with Crippen molar-refractivity contribution >= 4 is 17.8 Å². The summed E-state index contributed by atoms with van der Waals surface area (Å²) in [6, 6.07) is 1.33. The molecule has 4 nitrogen and oxygen atoms in total. The first-order valence-electron chi connectivity index (χ1n) is 7.95. The molecule has 0 saturated heterocycles. The van der Waals surface area contributed by atoms with Crippen molar-refractivity contribution in [3.8, 4) is 11.5 Å². The van der Waals surface area contributed by atoms with Gasteiger partial charge in [-0.15, -0.1) is 0 Å². The van der Waals surface area contributed by atoms with Gasteiger partial charge in [-0.3, -0.25) is 0 Å². The summed E-state index contributed by atoms with van der Waals surface area (Å²) in [6.07, 6.45) is 8.25. The molecule has 22 heavy (non-hydrogen) atoms. The first-order chi connectivity index (χ1) is 10.5. The molecule has 5 heteroatoms. The van der Waals surface area contributed by atoms with Crippen LogP contribution < -0.4 is 0 Å². The fourth-order valence-electron chi connectivity index (χ4n) is 5.74. The van der Waals surface area contributed by atoms with E-state index in [9.17, 15) is 10.2 Å². The molecule has 4 saturated carbocycles. The van der Waals surface area contributed by atoms with Crippen LogP contribution in [0.25, 0.3) is 0 Å². The highest BCUT2D eigenvalue weighted by molar-refractivity contribution is 6.34. The normalized spacial score (nSPS) is 36.3. The van der Waals surface area contributed by atoms with E-state index in [-0.39, 0.29) is 22.5 Å². The summed E-state index contributed by atoms with van der Waals surface area (Å²) in [5.41, 5.74) is 0.954. The van der Waals surface area contributed by atoms with Crippen LogP contribution in [0.15, 0.2) is 11.2 Å². The second-order valence-corrected chi connectivity index (χ2v) is 7.84. The van der Waals surface area contributed by atoms with Gasteiger partial charge < -0.3 is 15.4 Å². The average molecular weight is 322 g/mol. The van der Waals surface area contributed by atoms with E-state index >= 15 is 0 Å². The SMILES string of the molecule is ON=Cc1c(O)cc(O)c(C23CC4CC(CC(C4)C2)C3)c1Cl. The van der Waals surface area contributed by atoms with Crippen molar-refractivity contribution in [2.24, 2.45) is 22.9 Å². The number of hydrogen-bond donors (Lipinski definition) is 3. The van der Waals surface area contributed by atoms with Crippen LogP contribution in [0, 0.1) is 17.8 Å². The summed E-state index contributed by atoms with van der Waals surface area (Å²) in [6.45, 7) is 0.